The van der Waals surface area contributed by atoms with Crippen molar-refractivity contribution in [2.75, 3.05) is 0 Å². The molecule has 2 aliphatic rings. The van der Waals surface area contributed by atoms with Gasteiger partial charge in [-0.05, 0) is 30.2 Å². The minimum atomic E-state index is -2.50. The summed E-state index contributed by atoms with van der Waals surface area (Å²) in [6, 6.07) is 2.15. The van der Waals surface area contributed by atoms with Crippen molar-refractivity contribution in [1.29, 1.82) is 0 Å². The van der Waals surface area contributed by atoms with E-state index in [1.807, 2.05) is 6.20 Å². The maximum absolute atomic E-state index is 13.7. The smallest absolute Gasteiger partial charge is 0.248 e. The molecule has 1 aliphatic carbocycles. The van der Waals surface area contributed by atoms with E-state index in [0.29, 0.717) is 6.42 Å². The van der Waals surface area contributed by atoms with Gasteiger partial charge in [0.2, 0.25) is 5.92 Å². The standard InChI is InChI=1S/C14H14F2N2S/c15-14(16)4-1-2-9(6-14)12-13-10(3-5-19-13)11-7-17-8-18(11)12/h3,5,7-9,12H,1-2,4,6H2/t9-,12?/m0/s1. The Labute approximate surface area is 114 Å². The Hall–Kier alpha value is -1.23. The number of aromatic nitrogens is 2. The molecule has 1 saturated carbocycles. The van der Waals surface area contributed by atoms with E-state index in [4.69, 9.17) is 0 Å². The number of thiophene rings is 1. The van der Waals surface area contributed by atoms with E-state index < -0.39 is 5.92 Å². The normalized spacial score (nSPS) is 28.1. The Morgan fingerprint density at radius 1 is 1.42 bits per heavy atom. The summed E-state index contributed by atoms with van der Waals surface area (Å²) in [5.41, 5.74) is 2.26. The quantitative estimate of drug-likeness (QED) is 0.759. The zero-order valence-electron chi connectivity index (χ0n) is 10.4. The number of halogens is 2. The minimum Gasteiger partial charge on any atom is -0.322 e. The molecule has 19 heavy (non-hydrogen) atoms. The van der Waals surface area contributed by atoms with Crippen LogP contribution in [0.5, 0.6) is 0 Å². The van der Waals surface area contributed by atoms with Crippen LogP contribution in [0, 0.1) is 5.92 Å². The first-order valence-electron chi connectivity index (χ1n) is 6.63. The van der Waals surface area contributed by atoms with Crippen LogP contribution in [0.15, 0.2) is 24.0 Å². The number of fused-ring (bicyclic) bond motifs is 3. The van der Waals surface area contributed by atoms with Crippen LogP contribution in [0.2, 0.25) is 0 Å². The highest BCUT2D eigenvalue weighted by Gasteiger charge is 2.43. The SMILES string of the molecule is FC1(F)CCC[C@H](C2c3sccc3-c3cncn32)C1. The Balaban J connectivity index is 1.76. The van der Waals surface area contributed by atoms with Crippen LogP contribution in [0.3, 0.4) is 0 Å². The van der Waals surface area contributed by atoms with Gasteiger partial charge in [-0.3, -0.25) is 0 Å². The summed E-state index contributed by atoms with van der Waals surface area (Å²) in [5.74, 6) is -2.47. The van der Waals surface area contributed by atoms with Crippen LogP contribution in [-0.4, -0.2) is 15.5 Å². The average molecular weight is 280 g/mol. The second-order valence-electron chi connectivity index (χ2n) is 5.54. The van der Waals surface area contributed by atoms with Crippen molar-refractivity contribution in [3.63, 3.8) is 0 Å². The van der Waals surface area contributed by atoms with Gasteiger partial charge in [0.25, 0.3) is 0 Å². The van der Waals surface area contributed by atoms with Gasteiger partial charge in [0.05, 0.1) is 24.3 Å². The summed E-state index contributed by atoms with van der Waals surface area (Å²) < 4.78 is 29.5. The summed E-state index contributed by atoms with van der Waals surface area (Å²) in [7, 11) is 0. The zero-order chi connectivity index (χ0) is 13.0. The van der Waals surface area contributed by atoms with E-state index in [2.05, 4.69) is 21.0 Å². The van der Waals surface area contributed by atoms with Gasteiger partial charge in [-0.25, -0.2) is 13.8 Å². The van der Waals surface area contributed by atoms with E-state index in [0.717, 1.165) is 12.1 Å². The lowest BCUT2D eigenvalue weighted by Crippen LogP contribution is -2.30. The fourth-order valence-corrected chi connectivity index (χ4v) is 4.64. The predicted octanol–water partition coefficient (Wildman–Crippen LogP) is 4.34. The van der Waals surface area contributed by atoms with Crippen LogP contribution in [-0.2, 0) is 0 Å². The second kappa shape index (κ2) is 3.88. The molecule has 1 fully saturated rings. The molecule has 2 aromatic heterocycles. The van der Waals surface area contributed by atoms with Crippen LogP contribution >= 0.6 is 11.3 Å². The summed E-state index contributed by atoms with van der Waals surface area (Å²) >= 11 is 1.68. The van der Waals surface area contributed by atoms with E-state index in [-0.39, 0.29) is 24.8 Å². The first-order valence-corrected chi connectivity index (χ1v) is 7.51. The van der Waals surface area contributed by atoms with E-state index in [1.165, 1.54) is 10.4 Å². The number of imidazole rings is 1. The topological polar surface area (TPSA) is 17.8 Å². The maximum Gasteiger partial charge on any atom is 0.248 e. The fourth-order valence-electron chi connectivity index (χ4n) is 3.54. The summed E-state index contributed by atoms with van der Waals surface area (Å²) in [4.78, 5) is 5.42. The molecular formula is C14H14F2N2S. The first kappa shape index (κ1) is 11.6. The molecule has 3 heterocycles. The molecule has 2 aromatic rings. The van der Waals surface area contributed by atoms with Crippen LogP contribution in [0.4, 0.5) is 8.78 Å². The van der Waals surface area contributed by atoms with Crippen molar-refractivity contribution in [3.8, 4) is 11.3 Å². The maximum atomic E-state index is 13.7. The van der Waals surface area contributed by atoms with Gasteiger partial charge in [-0.2, -0.15) is 0 Å². The third-order valence-corrected chi connectivity index (χ3v) is 5.32. The van der Waals surface area contributed by atoms with Gasteiger partial charge in [0, 0.05) is 23.3 Å². The van der Waals surface area contributed by atoms with Crippen molar-refractivity contribution < 1.29 is 8.78 Å². The monoisotopic (exact) mass is 280 g/mol. The third-order valence-electron chi connectivity index (χ3n) is 4.33. The molecule has 4 rings (SSSR count). The van der Waals surface area contributed by atoms with Crippen molar-refractivity contribution in [1.82, 2.24) is 9.55 Å². The Kier molecular flexibility index (Phi) is 2.37. The third kappa shape index (κ3) is 1.67. The van der Waals surface area contributed by atoms with Crippen LogP contribution in [0.1, 0.15) is 36.6 Å². The van der Waals surface area contributed by atoms with Gasteiger partial charge in [0.1, 0.15) is 0 Å². The number of rotatable bonds is 1. The minimum absolute atomic E-state index is 0.00657. The van der Waals surface area contributed by atoms with Crippen molar-refractivity contribution in [2.45, 2.75) is 37.6 Å². The number of hydrogen-bond donors (Lipinski definition) is 0. The summed E-state index contributed by atoms with van der Waals surface area (Å²) in [6.07, 6.45) is 5.19. The van der Waals surface area contributed by atoms with Gasteiger partial charge in [-0.15, -0.1) is 11.3 Å². The van der Waals surface area contributed by atoms with Gasteiger partial charge >= 0.3 is 0 Å². The molecule has 5 heteroatoms. The summed E-state index contributed by atoms with van der Waals surface area (Å²) in [6.45, 7) is 0. The van der Waals surface area contributed by atoms with Gasteiger partial charge < -0.3 is 4.57 Å². The average Bonchev–Trinajstić information content (AvgIpc) is 2.98. The molecule has 1 aliphatic heterocycles. The number of hydrogen-bond acceptors (Lipinski definition) is 2. The Morgan fingerprint density at radius 3 is 3.16 bits per heavy atom. The molecule has 2 nitrogen and oxygen atoms in total. The zero-order valence-corrected chi connectivity index (χ0v) is 11.2. The lowest BCUT2D eigenvalue weighted by atomic mass is 9.81. The number of alkyl halides is 2. The molecule has 0 amide bonds. The van der Waals surface area contributed by atoms with Gasteiger partial charge in [-0.1, -0.05) is 0 Å². The molecule has 0 N–H and O–H groups in total. The molecule has 0 bridgehead atoms. The van der Waals surface area contributed by atoms with Crippen molar-refractivity contribution >= 4 is 11.3 Å². The summed E-state index contributed by atoms with van der Waals surface area (Å²) in [5, 5.41) is 2.05. The van der Waals surface area contributed by atoms with Crippen molar-refractivity contribution in [2.24, 2.45) is 5.92 Å². The molecule has 100 valence electrons. The first-order chi connectivity index (χ1) is 9.16. The molecule has 0 aromatic carbocycles. The molecule has 0 spiro atoms. The van der Waals surface area contributed by atoms with E-state index >= 15 is 0 Å². The Morgan fingerprint density at radius 2 is 2.32 bits per heavy atom. The highest BCUT2D eigenvalue weighted by Crippen LogP contribution is 2.51. The van der Waals surface area contributed by atoms with Crippen LogP contribution < -0.4 is 0 Å². The second-order valence-corrected chi connectivity index (χ2v) is 6.49. The van der Waals surface area contributed by atoms with E-state index in [1.54, 1.807) is 17.7 Å². The molecular weight excluding hydrogens is 266 g/mol. The highest BCUT2D eigenvalue weighted by atomic mass is 32.1. The largest absolute Gasteiger partial charge is 0.322 e. The molecule has 2 atom stereocenters. The van der Waals surface area contributed by atoms with Crippen LogP contribution in [0.25, 0.3) is 11.3 Å². The molecule has 0 saturated heterocycles. The van der Waals surface area contributed by atoms with Gasteiger partial charge in [0.15, 0.2) is 0 Å². The predicted molar refractivity (Wildman–Crippen MR) is 70.6 cm³/mol. The van der Waals surface area contributed by atoms with E-state index in [9.17, 15) is 8.78 Å². The van der Waals surface area contributed by atoms with Crippen molar-refractivity contribution in [3.05, 3.63) is 28.8 Å². The lowest BCUT2D eigenvalue weighted by molar-refractivity contribution is -0.0576. The molecule has 1 unspecified atom stereocenters. The lowest BCUT2D eigenvalue weighted by Gasteiger charge is -2.33. The highest BCUT2D eigenvalue weighted by molar-refractivity contribution is 7.10. The number of nitrogens with zero attached hydrogens (tertiary/aromatic N) is 2. The Bertz CT molecular complexity index is 576. The fraction of sp³-hybridized carbons (Fsp3) is 0.500. The molecule has 0 radical (unpaired) electrons.